The lowest BCUT2D eigenvalue weighted by Crippen LogP contribution is -2.43. The Morgan fingerprint density at radius 1 is 1.41 bits per heavy atom. The standard InChI is InChI=1S/C14H20N2O4S.ClH/c1-16(12(9-15)10-7-8-10)21(18,19)13-6-4-3-5-11(13)14(17)20-2;/h3-6,10,12H,7-9,15H2,1-2H3;1H. The fourth-order valence-electron chi connectivity index (χ4n) is 2.42. The number of esters is 1. The van der Waals surface area contributed by atoms with Crippen LogP contribution in [0.3, 0.4) is 0 Å². The summed E-state index contributed by atoms with van der Waals surface area (Å²) in [6.07, 6.45) is 1.97. The van der Waals surface area contributed by atoms with E-state index in [1.165, 1.54) is 30.6 Å². The van der Waals surface area contributed by atoms with Gasteiger partial charge in [0.2, 0.25) is 10.0 Å². The maximum absolute atomic E-state index is 12.8. The fourth-order valence-corrected chi connectivity index (χ4v) is 4.03. The highest BCUT2D eigenvalue weighted by molar-refractivity contribution is 7.89. The molecule has 0 amide bonds. The predicted molar refractivity (Wildman–Crippen MR) is 85.5 cm³/mol. The van der Waals surface area contributed by atoms with E-state index in [2.05, 4.69) is 4.74 Å². The van der Waals surface area contributed by atoms with Gasteiger partial charge in [-0.1, -0.05) is 12.1 Å². The van der Waals surface area contributed by atoms with Gasteiger partial charge in [-0.05, 0) is 30.9 Å². The first-order chi connectivity index (χ1) is 9.93. The Labute approximate surface area is 137 Å². The molecule has 0 bridgehead atoms. The van der Waals surface area contributed by atoms with Crippen LogP contribution in [-0.2, 0) is 14.8 Å². The third-order valence-corrected chi connectivity index (χ3v) is 5.76. The minimum absolute atomic E-state index is 0. The molecule has 1 atom stereocenters. The Kier molecular flexibility index (Phi) is 6.37. The van der Waals surface area contributed by atoms with E-state index in [0.29, 0.717) is 5.92 Å². The molecule has 0 aliphatic heterocycles. The number of nitrogens with zero attached hydrogens (tertiary/aromatic N) is 1. The van der Waals surface area contributed by atoms with Crippen molar-refractivity contribution in [2.75, 3.05) is 20.7 Å². The van der Waals surface area contributed by atoms with Crippen molar-refractivity contribution < 1.29 is 17.9 Å². The third kappa shape index (κ3) is 3.60. The lowest BCUT2D eigenvalue weighted by atomic mass is 10.2. The molecule has 2 N–H and O–H groups in total. The van der Waals surface area contributed by atoms with E-state index < -0.39 is 16.0 Å². The van der Waals surface area contributed by atoms with E-state index >= 15 is 0 Å². The SMILES string of the molecule is COC(=O)c1ccccc1S(=O)(=O)N(C)C(CN)C1CC1.Cl. The average molecular weight is 349 g/mol. The second-order valence-electron chi connectivity index (χ2n) is 5.15. The minimum Gasteiger partial charge on any atom is -0.465 e. The quantitative estimate of drug-likeness (QED) is 0.781. The van der Waals surface area contributed by atoms with Gasteiger partial charge < -0.3 is 10.5 Å². The molecule has 1 aliphatic rings. The smallest absolute Gasteiger partial charge is 0.339 e. The first kappa shape index (κ1) is 18.9. The maximum Gasteiger partial charge on any atom is 0.339 e. The van der Waals surface area contributed by atoms with Crippen molar-refractivity contribution in [1.82, 2.24) is 4.31 Å². The van der Waals surface area contributed by atoms with Crippen LogP contribution in [0.4, 0.5) is 0 Å². The Balaban J connectivity index is 0.00000242. The topological polar surface area (TPSA) is 89.7 Å². The lowest BCUT2D eigenvalue weighted by Gasteiger charge is -2.27. The van der Waals surface area contributed by atoms with E-state index in [9.17, 15) is 13.2 Å². The van der Waals surface area contributed by atoms with Crippen molar-refractivity contribution in [3.63, 3.8) is 0 Å². The normalized spacial score (nSPS) is 16.0. The van der Waals surface area contributed by atoms with Gasteiger partial charge in [0.25, 0.3) is 0 Å². The number of sulfonamides is 1. The highest BCUT2D eigenvalue weighted by Crippen LogP contribution is 2.36. The van der Waals surface area contributed by atoms with Crippen molar-refractivity contribution in [2.24, 2.45) is 11.7 Å². The van der Waals surface area contributed by atoms with Crippen molar-refractivity contribution in [1.29, 1.82) is 0 Å². The number of ether oxygens (including phenoxy) is 1. The van der Waals surface area contributed by atoms with Gasteiger partial charge in [-0.3, -0.25) is 0 Å². The number of methoxy groups -OCH3 is 1. The van der Waals surface area contributed by atoms with Gasteiger partial charge in [0.15, 0.2) is 0 Å². The van der Waals surface area contributed by atoms with Crippen molar-refractivity contribution in [3.8, 4) is 0 Å². The second kappa shape index (κ2) is 7.41. The van der Waals surface area contributed by atoms with Gasteiger partial charge in [0.1, 0.15) is 0 Å². The van der Waals surface area contributed by atoms with Crippen molar-refractivity contribution in [3.05, 3.63) is 29.8 Å². The molecule has 1 saturated carbocycles. The van der Waals surface area contributed by atoms with E-state index in [1.54, 1.807) is 12.1 Å². The summed E-state index contributed by atoms with van der Waals surface area (Å²) in [6, 6.07) is 5.81. The third-order valence-electron chi connectivity index (χ3n) is 3.82. The molecule has 1 aromatic carbocycles. The summed E-state index contributed by atoms with van der Waals surface area (Å²) < 4.78 is 31.5. The first-order valence-corrected chi connectivity index (χ1v) is 8.23. The number of carbonyl (C=O) groups is 1. The highest BCUT2D eigenvalue weighted by Gasteiger charge is 2.39. The molecule has 0 saturated heterocycles. The van der Waals surface area contributed by atoms with Crippen LogP contribution in [0.2, 0.25) is 0 Å². The first-order valence-electron chi connectivity index (χ1n) is 6.79. The van der Waals surface area contributed by atoms with Crippen LogP contribution in [0.25, 0.3) is 0 Å². The van der Waals surface area contributed by atoms with Crippen LogP contribution >= 0.6 is 12.4 Å². The van der Waals surface area contributed by atoms with E-state index in [-0.39, 0.29) is 35.5 Å². The number of carbonyl (C=O) groups excluding carboxylic acids is 1. The zero-order valence-corrected chi connectivity index (χ0v) is 14.2. The molecule has 124 valence electrons. The summed E-state index contributed by atoms with van der Waals surface area (Å²) in [5.41, 5.74) is 5.76. The molecule has 0 radical (unpaired) electrons. The minimum atomic E-state index is -3.79. The van der Waals surface area contributed by atoms with Gasteiger partial charge in [0.05, 0.1) is 17.6 Å². The molecule has 0 heterocycles. The second-order valence-corrected chi connectivity index (χ2v) is 7.12. The molecule has 8 heteroatoms. The summed E-state index contributed by atoms with van der Waals surface area (Å²) >= 11 is 0. The number of hydrogen-bond donors (Lipinski definition) is 1. The molecule has 22 heavy (non-hydrogen) atoms. The van der Waals surface area contributed by atoms with Gasteiger partial charge in [-0.25, -0.2) is 13.2 Å². The van der Waals surface area contributed by atoms with Gasteiger partial charge in [-0.2, -0.15) is 4.31 Å². The molecular weight excluding hydrogens is 328 g/mol. The Morgan fingerprint density at radius 2 is 2.00 bits per heavy atom. The zero-order valence-electron chi connectivity index (χ0n) is 12.6. The summed E-state index contributed by atoms with van der Waals surface area (Å²) in [4.78, 5) is 11.7. The molecule has 0 aromatic heterocycles. The molecule has 1 fully saturated rings. The molecule has 1 aromatic rings. The zero-order chi connectivity index (χ0) is 15.6. The van der Waals surface area contributed by atoms with Gasteiger partial charge >= 0.3 is 5.97 Å². The number of nitrogens with two attached hydrogens (primary N) is 1. The summed E-state index contributed by atoms with van der Waals surface area (Å²) in [7, 11) is -1.05. The van der Waals surface area contributed by atoms with Crippen LogP contribution in [0, 0.1) is 5.92 Å². The molecule has 2 rings (SSSR count). The molecular formula is C14H21ClN2O4S. The summed E-state index contributed by atoms with van der Waals surface area (Å²) in [5.74, 6) is -0.363. The van der Waals surface area contributed by atoms with Crippen LogP contribution in [0.1, 0.15) is 23.2 Å². The average Bonchev–Trinajstić information content (AvgIpc) is 3.31. The number of benzene rings is 1. The fraction of sp³-hybridized carbons (Fsp3) is 0.500. The highest BCUT2D eigenvalue weighted by atomic mass is 35.5. The number of halogens is 1. The molecule has 6 nitrogen and oxygen atoms in total. The van der Waals surface area contributed by atoms with Gasteiger partial charge in [0, 0.05) is 19.6 Å². The molecule has 1 unspecified atom stereocenters. The van der Waals surface area contributed by atoms with Crippen molar-refractivity contribution >= 4 is 28.4 Å². The number of likely N-dealkylation sites (N-methyl/N-ethyl adjacent to an activating group) is 1. The van der Waals surface area contributed by atoms with E-state index in [4.69, 9.17) is 5.73 Å². The predicted octanol–water partition coefficient (Wildman–Crippen LogP) is 1.25. The molecule has 0 spiro atoms. The summed E-state index contributed by atoms with van der Waals surface area (Å²) in [6.45, 7) is 0.265. The number of rotatable bonds is 6. The van der Waals surface area contributed by atoms with Crippen LogP contribution in [0.15, 0.2) is 29.2 Å². The monoisotopic (exact) mass is 348 g/mol. The number of hydrogen-bond acceptors (Lipinski definition) is 5. The van der Waals surface area contributed by atoms with Crippen LogP contribution in [-0.4, -0.2) is 45.4 Å². The largest absolute Gasteiger partial charge is 0.465 e. The lowest BCUT2D eigenvalue weighted by molar-refractivity contribution is 0.0596. The van der Waals surface area contributed by atoms with Gasteiger partial charge in [-0.15, -0.1) is 12.4 Å². The maximum atomic E-state index is 12.8. The van der Waals surface area contributed by atoms with Crippen LogP contribution < -0.4 is 5.73 Å². The van der Waals surface area contributed by atoms with Crippen molar-refractivity contribution in [2.45, 2.75) is 23.8 Å². The van der Waals surface area contributed by atoms with Crippen LogP contribution in [0.5, 0.6) is 0 Å². The summed E-state index contributed by atoms with van der Waals surface area (Å²) in [5, 5.41) is 0. The molecule has 1 aliphatic carbocycles. The van der Waals surface area contributed by atoms with E-state index in [0.717, 1.165) is 12.8 Å². The Bertz CT molecular complexity index is 631. The Morgan fingerprint density at radius 3 is 2.50 bits per heavy atom. The Hall–Kier alpha value is -1.15. The van der Waals surface area contributed by atoms with E-state index in [1.807, 2.05) is 0 Å².